The van der Waals surface area contributed by atoms with E-state index in [0.717, 1.165) is 5.46 Å². The third-order valence-electron chi connectivity index (χ3n) is 2.62. The molecule has 0 amide bonds. The maximum absolute atomic E-state index is 10.0. The van der Waals surface area contributed by atoms with Crippen molar-refractivity contribution in [3.05, 3.63) is 29.8 Å². The number of hydrogen-bond donors (Lipinski definition) is 3. The molecule has 3 nitrogen and oxygen atoms in total. The van der Waals surface area contributed by atoms with Crippen molar-refractivity contribution in [2.45, 2.75) is 12.6 Å². The number of nitrogens with two attached hydrogens (primary N) is 2. The molecule has 76 valence electrons. The fraction of sp³-hybridized carbons (Fsp3) is 0.400. The van der Waals surface area contributed by atoms with Gasteiger partial charge in [-0.1, -0.05) is 36.7 Å². The Labute approximate surface area is 85.5 Å². The van der Waals surface area contributed by atoms with E-state index in [2.05, 4.69) is 0 Å². The van der Waals surface area contributed by atoms with Crippen LogP contribution in [-0.2, 0) is 5.72 Å². The monoisotopic (exact) mass is 192 g/mol. The first-order chi connectivity index (χ1) is 6.48. The van der Waals surface area contributed by atoms with Crippen LogP contribution in [0.3, 0.4) is 0 Å². The lowest BCUT2D eigenvalue weighted by atomic mass is 9.88. The van der Waals surface area contributed by atoms with E-state index < -0.39 is 5.72 Å². The van der Waals surface area contributed by atoms with Crippen LogP contribution in [-0.4, -0.2) is 19.5 Å². The molecule has 14 heavy (non-hydrogen) atoms. The lowest BCUT2D eigenvalue weighted by Gasteiger charge is -2.29. The van der Waals surface area contributed by atoms with Gasteiger partial charge in [0.2, 0.25) is 0 Å². The summed E-state index contributed by atoms with van der Waals surface area (Å²) < 4.78 is 0. The van der Waals surface area contributed by atoms with Crippen LogP contribution in [0.1, 0.15) is 12.5 Å². The highest BCUT2D eigenvalue weighted by molar-refractivity contribution is 6.32. The van der Waals surface area contributed by atoms with Crippen LogP contribution in [0.25, 0.3) is 0 Å². The second-order valence-electron chi connectivity index (χ2n) is 3.83. The zero-order valence-corrected chi connectivity index (χ0v) is 8.70. The molecular formula is C10H17BN2O. The van der Waals surface area contributed by atoms with Crippen molar-refractivity contribution in [3.63, 3.8) is 0 Å². The topological polar surface area (TPSA) is 72.3 Å². The molecule has 0 fully saturated rings. The average Bonchev–Trinajstić information content (AvgIpc) is 2.17. The maximum Gasteiger partial charge on any atom is 0.143 e. The molecule has 2 atom stereocenters. The smallest absolute Gasteiger partial charge is 0.143 e. The second-order valence-corrected chi connectivity index (χ2v) is 3.83. The van der Waals surface area contributed by atoms with Crippen LogP contribution in [0.2, 0.25) is 0 Å². The molecule has 0 spiro atoms. The quantitative estimate of drug-likeness (QED) is 0.409. The minimum atomic E-state index is -1.33. The molecule has 0 bridgehead atoms. The highest BCUT2D eigenvalue weighted by Gasteiger charge is 2.29. The summed E-state index contributed by atoms with van der Waals surface area (Å²) >= 11 is 0. The molecule has 2 unspecified atom stereocenters. The molecule has 5 N–H and O–H groups in total. The Kier molecular flexibility index (Phi) is 3.31. The summed E-state index contributed by atoms with van der Waals surface area (Å²) in [5.41, 5.74) is 11.8. The van der Waals surface area contributed by atoms with Gasteiger partial charge in [-0.3, -0.25) is 5.73 Å². The van der Waals surface area contributed by atoms with Gasteiger partial charge in [-0.25, -0.2) is 0 Å². The van der Waals surface area contributed by atoms with Gasteiger partial charge in [-0.15, -0.1) is 0 Å². The van der Waals surface area contributed by atoms with Crippen molar-refractivity contribution in [1.29, 1.82) is 0 Å². The van der Waals surface area contributed by atoms with Crippen molar-refractivity contribution >= 4 is 13.3 Å². The van der Waals surface area contributed by atoms with E-state index in [0.29, 0.717) is 12.1 Å². The van der Waals surface area contributed by atoms with Crippen LogP contribution in [0.15, 0.2) is 24.3 Å². The first-order valence-electron chi connectivity index (χ1n) is 4.77. The van der Waals surface area contributed by atoms with E-state index in [1.165, 1.54) is 0 Å². The molecule has 0 aliphatic rings. The molecule has 0 radical (unpaired) electrons. The van der Waals surface area contributed by atoms with E-state index in [-0.39, 0.29) is 5.92 Å². The van der Waals surface area contributed by atoms with E-state index in [1.807, 2.05) is 39.0 Å². The Morgan fingerprint density at radius 1 is 1.43 bits per heavy atom. The SMILES string of the molecule is Bc1ccc(C(N)(O)C(C)CN)cc1. The van der Waals surface area contributed by atoms with Crippen molar-refractivity contribution < 1.29 is 5.11 Å². The lowest BCUT2D eigenvalue weighted by Crippen LogP contribution is -2.45. The molecule has 1 aromatic carbocycles. The van der Waals surface area contributed by atoms with Gasteiger partial charge in [0.1, 0.15) is 13.6 Å². The van der Waals surface area contributed by atoms with Crippen molar-refractivity contribution in [2.24, 2.45) is 17.4 Å². The molecular weight excluding hydrogens is 175 g/mol. The number of benzene rings is 1. The van der Waals surface area contributed by atoms with E-state index in [9.17, 15) is 5.11 Å². The third-order valence-corrected chi connectivity index (χ3v) is 2.62. The van der Waals surface area contributed by atoms with Gasteiger partial charge in [0.15, 0.2) is 0 Å². The van der Waals surface area contributed by atoms with E-state index >= 15 is 0 Å². The Morgan fingerprint density at radius 3 is 2.36 bits per heavy atom. The molecule has 0 saturated carbocycles. The summed E-state index contributed by atoms with van der Waals surface area (Å²) in [6.45, 7) is 2.20. The summed E-state index contributed by atoms with van der Waals surface area (Å²) in [6.07, 6.45) is 0. The fourth-order valence-electron chi connectivity index (χ4n) is 1.28. The van der Waals surface area contributed by atoms with Crippen molar-refractivity contribution in [1.82, 2.24) is 0 Å². The molecule has 1 rings (SSSR count). The minimum absolute atomic E-state index is 0.162. The van der Waals surface area contributed by atoms with Gasteiger partial charge >= 0.3 is 0 Å². The summed E-state index contributed by atoms with van der Waals surface area (Å²) in [6, 6.07) is 7.52. The third kappa shape index (κ3) is 2.15. The van der Waals surface area contributed by atoms with E-state index in [4.69, 9.17) is 11.5 Å². The van der Waals surface area contributed by atoms with Gasteiger partial charge in [-0.2, -0.15) is 0 Å². The maximum atomic E-state index is 10.0. The Bertz CT molecular complexity index is 297. The standard InChI is InChI=1S/C10H17BN2O/c1-7(6-12)10(13,14)8-2-4-9(11)5-3-8/h2-5,7,14H,6,11-13H2,1H3. The summed E-state index contributed by atoms with van der Waals surface area (Å²) in [7, 11) is 1.99. The number of hydrogen-bond acceptors (Lipinski definition) is 3. The average molecular weight is 192 g/mol. The molecule has 0 aliphatic heterocycles. The van der Waals surface area contributed by atoms with Gasteiger partial charge in [-0.05, 0) is 12.1 Å². The van der Waals surface area contributed by atoms with Crippen LogP contribution in [0, 0.1) is 5.92 Å². The summed E-state index contributed by atoms with van der Waals surface area (Å²) in [4.78, 5) is 0. The van der Waals surface area contributed by atoms with Gasteiger partial charge in [0.05, 0.1) is 0 Å². The Balaban J connectivity index is 2.97. The normalized spacial score (nSPS) is 17.4. The second kappa shape index (κ2) is 4.13. The molecule has 0 aliphatic carbocycles. The highest BCUT2D eigenvalue weighted by Crippen LogP contribution is 2.22. The lowest BCUT2D eigenvalue weighted by molar-refractivity contribution is -0.00763. The zero-order chi connectivity index (χ0) is 10.8. The highest BCUT2D eigenvalue weighted by atomic mass is 16.3. The zero-order valence-electron chi connectivity index (χ0n) is 8.70. The minimum Gasteiger partial charge on any atom is -0.371 e. The predicted molar refractivity (Wildman–Crippen MR) is 60.9 cm³/mol. The van der Waals surface area contributed by atoms with Crippen molar-refractivity contribution in [2.75, 3.05) is 6.54 Å². The fourth-order valence-corrected chi connectivity index (χ4v) is 1.28. The molecule has 0 heterocycles. The van der Waals surface area contributed by atoms with Crippen molar-refractivity contribution in [3.8, 4) is 0 Å². The summed E-state index contributed by atoms with van der Waals surface area (Å²) in [5, 5.41) is 10.0. The van der Waals surface area contributed by atoms with Crippen LogP contribution in [0.5, 0.6) is 0 Å². The summed E-state index contributed by atoms with van der Waals surface area (Å²) in [5.74, 6) is -0.162. The van der Waals surface area contributed by atoms with Crippen LogP contribution < -0.4 is 16.9 Å². The molecule has 1 aromatic rings. The first kappa shape index (κ1) is 11.2. The van der Waals surface area contributed by atoms with E-state index in [1.54, 1.807) is 0 Å². The number of aliphatic hydroxyl groups is 1. The Morgan fingerprint density at radius 2 is 1.93 bits per heavy atom. The van der Waals surface area contributed by atoms with Crippen LogP contribution in [0.4, 0.5) is 0 Å². The number of rotatable bonds is 3. The van der Waals surface area contributed by atoms with Gasteiger partial charge < -0.3 is 10.8 Å². The van der Waals surface area contributed by atoms with Crippen LogP contribution >= 0.6 is 0 Å². The van der Waals surface area contributed by atoms with Gasteiger partial charge in [0.25, 0.3) is 0 Å². The first-order valence-corrected chi connectivity index (χ1v) is 4.77. The molecule has 0 aromatic heterocycles. The van der Waals surface area contributed by atoms with Gasteiger partial charge in [0, 0.05) is 5.92 Å². The predicted octanol–water partition coefficient (Wildman–Crippen LogP) is -1.36. The largest absolute Gasteiger partial charge is 0.371 e. The molecule has 4 heteroatoms. The Hall–Kier alpha value is -0.835. The molecule has 0 saturated heterocycles.